The Morgan fingerprint density at radius 3 is 0.538 bits per heavy atom. The van der Waals surface area contributed by atoms with E-state index in [2.05, 4.69) is 38.2 Å². The average molecular weight is 545 g/mol. The van der Waals surface area contributed by atoms with E-state index in [1.807, 2.05) is 0 Å². The van der Waals surface area contributed by atoms with E-state index in [4.69, 9.17) is 0 Å². The monoisotopic (exact) mass is 545 g/mol. The van der Waals surface area contributed by atoms with Gasteiger partial charge < -0.3 is 0 Å². The highest BCUT2D eigenvalue weighted by molar-refractivity contribution is 4.82. The summed E-state index contributed by atoms with van der Waals surface area (Å²) in [4.78, 5) is 0. The summed E-state index contributed by atoms with van der Waals surface area (Å²) < 4.78 is 0. The van der Waals surface area contributed by atoms with Crippen LogP contribution < -0.4 is 0 Å². The Balaban J connectivity index is 3.12. The van der Waals surface area contributed by atoms with Gasteiger partial charge in [0.1, 0.15) is 0 Å². The molecule has 0 aliphatic carbocycles. The molecule has 0 radical (unpaired) electrons. The highest BCUT2D eigenvalue weighted by Crippen LogP contribution is 2.15. The SMILES string of the molecule is CCCCCCCC/C=C\CCCCCCCC/C=C\CCCCCCCCCCCCCCCCCCC. The summed E-state index contributed by atoms with van der Waals surface area (Å²) in [5.74, 6) is 0. The Morgan fingerprint density at radius 1 is 0.205 bits per heavy atom. The lowest BCUT2D eigenvalue weighted by Gasteiger charge is -2.03. The topological polar surface area (TPSA) is 0 Å². The molecule has 0 unspecified atom stereocenters. The molecule has 0 N–H and O–H groups in total. The third kappa shape index (κ3) is 37.5. The maximum Gasteiger partial charge on any atom is -0.0351 e. The van der Waals surface area contributed by atoms with Crippen molar-refractivity contribution in [3.05, 3.63) is 24.3 Å². The van der Waals surface area contributed by atoms with Gasteiger partial charge in [-0.2, -0.15) is 0 Å². The van der Waals surface area contributed by atoms with Gasteiger partial charge in [0.25, 0.3) is 0 Å². The molecular weight excluding hydrogens is 468 g/mol. The quantitative estimate of drug-likeness (QED) is 0.0558. The first kappa shape index (κ1) is 38.5. The minimum Gasteiger partial charge on any atom is -0.0885 e. The zero-order valence-electron chi connectivity index (χ0n) is 27.6. The first-order valence-electron chi connectivity index (χ1n) is 18.7. The van der Waals surface area contributed by atoms with Gasteiger partial charge in [0.2, 0.25) is 0 Å². The molecule has 0 bridgehead atoms. The van der Waals surface area contributed by atoms with E-state index in [0.29, 0.717) is 0 Å². The molecule has 232 valence electrons. The van der Waals surface area contributed by atoms with E-state index in [1.54, 1.807) is 0 Å². The molecule has 0 rings (SSSR count). The normalized spacial score (nSPS) is 11.9. The first-order valence-corrected chi connectivity index (χ1v) is 18.7. The molecule has 0 aliphatic heterocycles. The van der Waals surface area contributed by atoms with Gasteiger partial charge in [0.05, 0.1) is 0 Å². The average Bonchev–Trinajstić information content (AvgIpc) is 2.95. The summed E-state index contributed by atoms with van der Waals surface area (Å²) >= 11 is 0. The van der Waals surface area contributed by atoms with Crippen molar-refractivity contribution in [1.29, 1.82) is 0 Å². The lowest BCUT2D eigenvalue weighted by atomic mass is 10.0. The first-order chi connectivity index (χ1) is 19.4. The smallest absolute Gasteiger partial charge is 0.0351 e. The van der Waals surface area contributed by atoms with Crippen molar-refractivity contribution in [2.45, 2.75) is 226 Å². The maximum atomic E-state index is 2.46. The molecule has 0 amide bonds. The molecule has 0 spiro atoms. The van der Waals surface area contributed by atoms with E-state index >= 15 is 0 Å². The Morgan fingerprint density at radius 2 is 0.359 bits per heavy atom. The van der Waals surface area contributed by atoms with Crippen LogP contribution in [0.1, 0.15) is 226 Å². The summed E-state index contributed by atoms with van der Waals surface area (Å²) in [6.45, 7) is 4.60. The van der Waals surface area contributed by atoms with Crippen molar-refractivity contribution >= 4 is 0 Å². The van der Waals surface area contributed by atoms with Crippen LogP contribution in [0.2, 0.25) is 0 Å². The van der Waals surface area contributed by atoms with Crippen molar-refractivity contribution in [3.8, 4) is 0 Å². The van der Waals surface area contributed by atoms with Crippen molar-refractivity contribution in [1.82, 2.24) is 0 Å². The number of hydrogen-bond acceptors (Lipinski definition) is 0. The summed E-state index contributed by atoms with van der Waals surface area (Å²) in [5, 5.41) is 0. The van der Waals surface area contributed by atoms with Crippen LogP contribution in [-0.4, -0.2) is 0 Å². The largest absolute Gasteiger partial charge is 0.0885 e. The fraction of sp³-hybridized carbons (Fsp3) is 0.897. The van der Waals surface area contributed by atoms with Crippen LogP contribution in [0, 0.1) is 0 Å². The number of rotatable bonds is 34. The van der Waals surface area contributed by atoms with Gasteiger partial charge in [-0.05, 0) is 51.4 Å². The summed E-state index contributed by atoms with van der Waals surface area (Å²) in [6, 6.07) is 0. The number of hydrogen-bond donors (Lipinski definition) is 0. The third-order valence-corrected chi connectivity index (χ3v) is 8.52. The van der Waals surface area contributed by atoms with Gasteiger partial charge in [0, 0.05) is 0 Å². The van der Waals surface area contributed by atoms with Crippen molar-refractivity contribution in [2.24, 2.45) is 0 Å². The molecular formula is C39H76. The van der Waals surface area contributed by atoms with Crippen molar-refractivity contribution < 1.29 is 0 Å². The van der Waals surface area contributed by atoms with E-state index in [1.165, 1.54) is 212 Å². The Bertz CT molecular complexity index is 459. The highest BCUT2D eigenvalue weighted by atomic mass is 14.0. The molecule has 0 fully saturated rings. The van der Waals surface area contributed by atoms with Crippen molar-refractivity contribution in [3.63, 3.8) is 0 Å². The fourth-order valence-corrected chi connectivity index (χ4v) is 5.73. The predicted molar refractivity (Wildman–Crippen MR) is 182 cm³/mol. The summed E-state index contributed by atoms with van der Waals surface area (Å²) in [5.41, 5.74) is 0. The molecule has 39 heavy (non-hydrogen) atoms. The summed E-state index contributed by atoms with van der Waals surface area (Å²) in [7, 11) is 0. The highest BCUT2D eigenvalue weighted by Gasteiger charge is 1.95. The van der Waals surface area contributed by atoms with Crippen LogP contribution in [0.15, 0.2) is 24.3 Å². The molecule has 0 saturated heterocycles. The molecule has 0 atom stereocenters. The van der Waals surface area contributed by atoms with Gasteiger partial charge in [0.15, 0.2) is 0 Å². The van der Waals surface area contributed by atoms with Crippen LogP contribution >= 0.6 is 0 Å². The van der Waals surface area contributed by atoms with E-state index < -0.39 is 0 Å². The van der Waals surface area contributed by atoms with Gasteiger partial charge >= 0.3 is 0 Å². The minimum atomic E-state index is 1.30. The third-order valence-electron chi connectivity index (χ3n) is 8.52. The molecule has 0 heteroatoms. The van der Waals surface area contributed by atoms with E-state index in [0.717, 1.165) is 0 Å². The second-order valence-corrected chi connectivity index (χ2v) is 12.6. The van der Waals surface area contributed by atoms with Crippen molar-refractivity contribution in [2.75, 3.05) is 0 Å². The Hall–Kier alpha value is -0.520. The minimum absolute atomic E-state index is 1.30. The molecule has 0 aliphatic rings. The Labute approximate surface area is 249 Å². The van der Waals surface area contributed by atoms with Gasteiger partial charge in [-0.1, -0.05) is 199 Å². The lowest BCUT2D eigenvalue weighted by molar-refractivity contribution is 0.527. The number of allylic oxidation sites excluding steroid dienone is 4. The zero-order valence-corrected chi connectivity index (χ0v) is 27.6. The van der Waals surface area contributed by atoms with Crippen LogP contribution in [0.3, 0.4) is 0 Å². The van der Waals surface area contributed by atoms with Gasteiger partial charge in [-0.3, -0.25) is 0 Å². The van der Waals surface area contributed by atoms with Gasteiger partial charge in [-0.15, -0.1) is 0 Å². The van der Waals surface area contributed by atoms with Crippen LogP contribution in [0.25, 0.3) is 0 Å². The predicted octanol–water partition coefficient (Wildman–Crippen LogP) is 15.0. The molecule has 0 aromatic rings. The standard InChI is InChI=1S/C39H76/c1-3-5-7-9-11-13-15-17-19-21-23-25-27-29-31-33-35-37-39-38-36-34-32-30-28-26-24-22-20-18-16-14-12-10-8-6-4-2/h17,19,37,39H,3-16,18,20-36,38H2,1-2H3/b19-17-,39-37-. The molecule has 0 nitrogen and oxygen atoms in total. The molecule has 0 heterocycles. The molecule has 0 saturated carbocycles. The zero-order chi connectivity index (χ0) is 28.2. The number of unbranched alkanes of at least 4 members (excludes halogenated alkanes) is 30. The molecule has 0 aromatic carbocycles. The van der Waals surface area contributed by atoms with Crippen LogP contribution in [0.4, 0.5) is 0 Å². The second-order valence-electron chi connectivity index (χ2n) is 12.6. The van der Waals surface area contributed by atoms with Gasteiger partial charge in [-0.25, -0.2) is 0 Å². The van der Waals surface area contributed by atoms with E-state index in [9.17, 15) is 0 Å². The summed E-state index contributed by atoms with van der Waals surface area (Å²) in [6.07, 6.45) is 56.9. The van der Waals surface area contributed by atoms with Crippen LogP contribution in [-0.2, 0) is 0 Å². The van der Waals surface area contributed by atoms with Crippen LogP contribution in [0.5, 0.6) is 0 Å². The Kier molecular flexibility index (Phi) is 37.0. The second kappa shape index (κ2) is 37.5. The molecule has 0 aromatic heterocycles. The van der Waals surface area contributed by atoms with E-state index in [-0.39, 0.29) is 0 Å². The fourth-order valence-electron chi connectivity index (χ4n) is 5.73. The maximum absolute atomic E-state index is 2.46. The lowest BCUT2D eigenvalue weighted by Crippen LogP contribution is -1.83.